The Morgan fingerprint density at radius 2 is 2.03 bits per heavy atom. The third-order valence-electron chi connectivity index (χ3n) is 6.63. The number of aromatic nitrogens is 5. The maximum absolute atomic E-state index is 13.7. The van der Waals surface area contributed by atoms with E-state index in [0.717, 1.165) is 11.1 Å². The van der Waals surface area contributed by atoms with Gasteiger partial charge in [0.2, 0.25) is 0 Å². The average molecular weight is 446 g/mol. The van der Waals surface area contributed by atoms with Crippen molar-refractivity contribution >= 4 is 5.82 Å². The van der Waals surface area contributed by atoms with E-state index in [2.05, 4.69) is 25.4 Å². The summed E-state index contributed by atoms with van der Waals surface area (Å²) < 4.78 is 41.2. The number of benzene rings is 1. The Morgan fingerprint density at radius 3 is 2.62 bits per heavy atom. The lowest BCUT2D eigenvalue weighted by atomic mass is 9.69. The summed E-state index contributed by atoms with van der Waals surface area (Å²) in [6.07, 6.45) is 2.06. The third kappa shape index (κ3) is 4.01. The molecule has 2 aromatic heterocycles. The number of aromatic hydroxyl groups is 1. The lowest BCUT2D eigenvalue weighted by Gasteiger charge is -2.44. The summed E-state index contributed by atoms with van der Waals surface area (Å²) in [4.78, 5) is 6.04. The van der Waals surface area contributed by atoms with Gasteiger partial charge in [0.05, 0.1) is 23.4 Å². The summed E-state index contributed by atoms with van der Waals surface area (Å²) in [7, 11) is 1.73. The highest BCUT2D eigenvalue weighted by molar-refractivity contribution is 5.72. The second-order valence-electron chi connectivity index (χ2n) is 8.35. The molecule has 170 valence electrons. The first-order valence-electron chi connectivity index (χ1n) is 10.6. The summed E-state index contributed by atoms with van der Waals surface area (Å²) in [5, 5.41) is 25.4. The normalized spacial score (nSPS) is 21.5. The van der Waals surface area contributed by atoms with Gasteiger partial charge < -0.3 is 10.0 Å². The van der Waals surface area contributed by atoms with Crippen LogP contribution in [0.25, 0.3) is 22.5 Å². The first-order valence-corrected chi connectivity index (χ1v) is 10.6. The van der Waals surface area contributed by atoms with Crippen LogP contribution < -0.4 is 4.90 Å². The molecule has 1 aliphatic rings. The first-order chi connectivity index (χ1) is 15.2. The Bertz CT molecular complexity index is 1050. The summed E-state index contributed by atoms with van der Waals surface area (Å²) in [5.74, 6) is 0.638. The Kier molecular flexibility index (Phi) is 5.79. The van der Waals surface area contributed by atoms with Gasteiger partial charge in [-0.25, -0.2) is 4.98 Å². The van der Waals surface area contributed by atoms with Crippen molar-refractivity contribution in [3.05, 3.63) is 36.8 Å². The minimum atomic E-state index is -4.23. The summed E-state index contributed by atoms with van der Waals surface area (Å²) in [6.45, 7) is 1.61. The minimum absolute atomic E-state index is 0.00297. The predicted molar refractivity (Wildman–Crippen MR) is 114 cm³/mol. The van der Waals surface area contributed by atoms with Gasteiger partial charge in [0, 0.05) is 24.8 Å². The fourth-order valence-electron chi connectivity index (χ4n) is 4.49. The van der Waals surface area contributed by atoms with Crippen LogP contribution in [0.1, 0.15) is 39.0 Å². The lowest BCUT2D eigenvalue weighted by molar-refractivity contribution is -0.237. The van der Waals surface area contributed by atoms with Gasteiger partial charge in [0.15, 0.2) is 11.6 Å². The number of aromatic amines is 1. The molecular weight excluding hydrogens is 421 g/mol. The maximum Gasteiger partial charge on any atom is 0.394 e. The topological polar surface area (TPSA) is 90.8 Å². The number of H-pyrrole nitrogens is 1. The smallest absolute Gasteiger partial charge is 0.394 e. The van der Waals surface area contributed by atoms with Crippen LogP contribution in [-0.2, 0) is 0 Å². The van der Waals surface area contributed by atoms with Crippen molar-refractivity contribution in [1.29, 1.82) is 0 Å². The van der Waals surface area contributed by atoms with Gasteiger partial charge in [0.1, 0.15) is 5.75 Å². The Labute approximate surface area is 183 Å². The Morgan fingerprint density at radius 1 is 1.22 bits per heavy atom. The first kappa shape index (κ1) is 22.0. The molecule has 1 aliphatic carbocycles. The molecule has 32 heavy (non-hydrogen) atoms. The van der Waals surface area contributed by atoms with Crippen LogP contribution in [0.2, 0.25) is 0 Å². The number of phenolic OH excluding ortho intramolecular Hbond substituents is 1. The summed E-state index contributed by atoms with van der Waals surface area (Å²) in [6, 6.07) is 4.80. The molecule has 1 saturated carbocycles. The van der Waals surface area contributed by atoms with Crippen molar-refractivity contribution in [2.24, 2.45) is 5.41 Å². The second kappa shape index (κ2) is 8.40. The molecule has 2 N–H and O–H groups in total. The van der Waals surface area contributed by atoms with Crippen LogP contribution in [0, 0.1) is 5.41 Å². The van der Waals surface area contributed by atoms with Gasteiger partial charge in [-0.05, 0) is 43.4 Å². The van der Waals surface area contributed by atoms with Crippen LogP contribution in [0.5, 0.6) is 5.75 Å². The monoisotopic (exact) mass is 446 g/mol. The molecule has 1 fully saturated rings. The zero-order valence-electron chi connectivity index (χ0n) is 17.9. The molecule has 0 saturated heterocycles. The molecule has 7 nitrogen and oxygen atoms in total. The maximum atomic E-state index is 13.7. The fourth-order valence-corrected chi connectivity index (χ4v) is 4.49. The van der Waals surface area contributed by atoms with E-state index in [0.29, 0.717) is 24.2 Å². The van der Waals surface area contributed by atoms with Crippen LogP contribution in [0.15, 0.2) is 36.8 Å². The zero-order valence-corrected chi connectivity index (χ0v) is 17.9. The number of nitrogens with zero attached hydrogens (tertiary/aromatic N) is 5. The molecule has 2 heterocycles. The highest BCUT2D eigenvalue weighted by atomic mass is 19.4. The van der Waals surface area contributed by atoms with Gasteiger partial charge >= 0.3 is 6.18 Å². The van der Waals surface area contributed by atoms with Crippen molar-refractivity contribution in [3.63, 3.8) is 0 Å². The molecule has 2 atom stereocenters. The van der Waals surface area contributed by atoms with E-state index in [1.165, 1.54) is 6.20 Å². The predicted octanol–water partition coefficient (Wildman–Crippen LogP) is 4.97. The Hall–Kier alpha value is -3.17. The van der Waals surface area contributed by atoms with E-state index in [-0.39, 0.29) is 36.9 Å². The standard InChI is InChI=1S/C22H25F3N6O/c1-3-21(22(23,24)25)8-4-5-16(10-21)31(2)19-13-26-20(30-29-19)17-7-6-14(9-18(17)32)15-11-27-28-12-15/h6-7,9,11-13,16,32H,3-5,8,10H2,1-2H3,(H,27,28)/t16-,21-/m0/s1. The number of hydrogen-bond acceptors (Lipinski definition) is 6. The number of hydrogen-bond donors (Lipinski definition) is 2. The highest BCUT2D eigenvalue weighted by Crippen LogP contribution is 2.52. The van der Waals surface area contributed by atoms with E-state index in [9.17, 15) is 18.3 Å². The number of phenols is 1. The van der Waals surface area contributed by atoms with Gasteiger partial charge in [-0.3, -0.25) is 5.10 Å². The van der Waals surface area contributed by atoms with Crippen LogP contribution in [-0.4, -0.2) is 49.8 Å². The SMILES string of the molecule is CC[C@]1(C(F)(F)F)CCC[C@H](N(C)c2cnc(-c3ccc(-c4cn[nH]c4)cc3O)nn2)C1. The highest BCUT2D eigenvalue weighted by Gasteiger charge is 2.55. The molecule has 0 aliphatic heterocycles. The molecule has 1 aromatic carbocycles. The van der Waals surface area contributed by atoms with Crippen molar-refractivity contribution < 1.29 is 18.3 Å². The summed E-state index contributed by atoms with van der Waals surface area (Å²) >= 11 is 0. The van der Waals surface area contributed by atoms with Gasteiger partial charge in [-0.2, -0.15) is 18.3 Å². The lowest BCUT2D eigenvalue weighted by Crippen LogP contribution is -2.48. The summed E-state index contributed by atoms with van der Waals surface area (Å²) in [5.41, 5.74) is 0.370. The number of rotatable bonds is 5. The number of alkyl halides is 3. The molecule has 10 heteroatoms. The fraction of sp³-hybridized carbons (Fsp3) is 0.455. The molecule has 3 aromatic rings. The van der Waals surface area contributed by atoms with Crippen molar-refractivity contribution in [2.75, 3.05) is 11.9 Å². The largest absolute Gasteiger partial charge is 0.507 e. The van der Waals surface area contributed by atoms with E-state index in [4.69, 9.17) is 0 Å². The molecule has 0 unspecified atom stereocenters. The van der Waals surface area contributed by atoms with Crippen LogP contribution in [0.3, 0.4) is 0 Å². The number of anilines is 1. The van der Waals surface area contributed by atoms with Gasteiger partial charge in [-0.15, -0.1) is 10.2 Å². The molecule has 0 radical (unpaired) electrons. The minimum Gasteiger partial charge on any atom is -0.507 e. The van der Waals surface area contributed by atoms with E-state index >= 15 is 0 Å². The molecule has 0 spiro atoms. The average Bonchev–Trinajstić information content (AvgIpc) is 3.33. The third-order valence-corrected chi connectivity index (χ3v) is 6.63. The molecule has 4 rings (SSSR count). The Balaban J connectivity index is 1.52. The van der Waals surface area contributed by atoms with Crippen molar-refractivity contribution in [1.82, 2.24) is 25.4 Å². The molecular formula is C22H25F3N6O. The molecule has 0 bridgehead atoms. The van der Waals surface area contributed by atoms with Crippen LogP contribution >= 0.6 is 0 Å². The quantitative estimate of drug-likeness (QED) is 0.575. The van der Waals surface area contributed by atoms with E-state index in [1.54, 1.807) is 43.4 Å². The second-order valence-corrected chi connectivity index (χ2v) is 8.35. The van der Waals surface area contributed by atoms with Crippen LogP contribution in [0.4, 0.5) is 19.0 Å². The van der Waals surface area contributed by atoms with E-state index in [1.807, 2.05) is 6.07 Å². The zero-order chi connectivity index (χ0) is 22.9. The van der Waals surface area contributed by atoms with Gasteiger partial charge in [0.25, 0.3) is 0 Å². The van der Waals surface area contributed by atoms with E-state index < -0.39 is 11.6 Å². The molecule has 0 amide bonds. The number of nitrogens with one attached hydrogen (secondary N) is 1. The number of halogens is 3. The van der Waals surface area contributed by atoms with Crippen molar-refractivity contribution in [3.8, 4) is 28.3 Å². The van der Waals surface area contributed by atoms with Gasteiger partial charge in [-0.1, -0.05) is 19.4 Å². The van der Waals surface area contributed by atoms with Crippen molar-refractivity contribution in [2.45, 2.75) is 51.2 Å².